The fraction of sp³-hybridized carbons (Fsp3) is 0.381. The molecule has 0 bridgehead atoms. The molecular formula is C21H27NO2. The summed E-state index contributed by atoms with van der Waals surface area (Å²) in [5, 5.41) is 0. The molecule has 0 fully saturated rings. The van der Waals surface area contributed by atoms with Crippen molar-refractivity contribution in [2.24, 2.45) is 0 Å². The van der Waals surface area contributed by atoms with Crippen LogP contribution in [0.15, 0.2) is 54.6 Å². The van der Waals surface area contributed by atoms with Gasteiger partial charge in [0.15, 0.2) is 5.78 Å². The van der Waals surface area contributed by atoms with Gasteiger partial charge in [-0.1, -0.05) is 30.3 Å². The number of carbonyl (C=O) groups excluding carboxylic acids is 1. The summed E-state index contributed by atoms with van der Waals surface area (Å²) in [6, 6.07) is 17.8. The highest BCUT2D eigenvalue weighted by Crippen LogP contribution is 2.15. The largest absolute Gasteiger partial charge is 0.494 e. The van der Waals surface area contributed by atoms with E-state index in [0.717, 1.165) is 37.1 Å². The number of hydrogen-bond acceptors (Lipinski definition) is 3. The summed E-state index contributed by atoms with van der Waals surface area (Å²) >= 11 is 0. The number of ketones is 1. The first-order valence-electron chi connectivity index (χ1n) is 8.60. The van der Waals surface area contributed by atoms with Gasteiger partial charge in [-0.25, -0.2) is 0 Å². The maximum atomic E-state index is 12.2. The zero-order chi connectivity index (χ0) is 17.2. The average Bonchev–Trinajstić information content (AvgIpc) is 2.60. The zero-order valence-electron chi connectivity index (χ0n) is 14.7. The highest BCUT2D eigenvalue weighted by atomic mass is 16.5. The Bertz CT molecular complexity index is 605. The Balaban J connectivity index is 1.72. The van der Waals surface area contributed by atoms with Gasteiger partial charge in [0.2, 0.25) is 0 Å². The number of ether oxygens (including phenoxy) is 1. The minimum absolute atomic E-state index is 0.199. The molecule has 2 rings (SSSR count). The maximum absolute atomic E-state index is 12.2. The van der Waals surface area contributed by atoms with Gasteiger partial charge in [-0.3, -0.25) is 4.79 Å². The zero-order valence-corrected chi connectivity index (χ0v) is 14.7. The van der Waals surface area contributed by atoms with Crippen LogP contribution in [0, 0.1) is 0 Å². The van der Waals surface area contributed by atoms with Crippen molar-refractivity contribution in [1.82, 2.24) is 4.90 Å². The molecule has 2 aromatic carbocycles. The van der Waals surface area contributed by atoms with Gasteiger partial charge >= 0.3 is 0 Å². The molecule has 0 N–H and O–H groups in total. The summed E-state index contributed by atoms with van der Waals surface area (Å²) in [5.41, 5.74) is 2.05. The topological polar surface area (TPSA) is 29.5 Å². The fourth-order valence-corrected chi connectivity index (χ4v) is 2.55. The number of hydrogen-bond donors (Lipinski definition) is 0. The first-order valence-corrected chi connectivity index (χ1v) is 8.60. The van der Waals surface area contributed by atoms with E-state index in [4.69, 9.17) is 4.74 Å². The molecule has 0 heterocycles. The molecule has 24 heavy (non-hydrogen) atoms. The Morgan fingerprint density at radius 1 is 0.958 bits per heavy atom. The van der Waals surface area contributed by atoms with Crippen LogP contribution in [0.25, 0.3) is 0 Å². The Morgan fingerprint density at radius 3 is 2.33 bits per heavy atom. The predicted octanol–water partition coefficient (Wildman–Crippen LogP) is 4.22. The molecule has 0 atom stereocenters. The second-order valence-corrected chi connectivity index (χ2v) is 6.29. The predicted molar refractivity (Wildman–Crippen MR) is 98.8 cm³/mol. The maximum Gasteiger partial charge on any atom is 0.162 e. The van der Waals surface area contributed by atoms with Crippen LogP contribution < -0.4 is 4.74 Å². The molecule has 3 nitrogen and oxygen atoms in total. The van der Waals surface area contributed by atoms with Crippen molar-refractivity contribution in [3.8, 4) is 5.75 Å². The SMILES string of the molecule is CN(C)CCCOc1ccc(C(=O)CCCc2ccccc2)cc1. The van der Waals surface area contributed by atoms with E-state index in [1.807, 2.05) is 42.5 Å². The monoisotopic (exact) mass is 325 g/mol. The van der Waals surface area contributed by atoms with Crippen molar-refractivity contribution in [3.63, 3.8) is 0 Å². The van der Waals surface area contributed by atoms with E-state index in [9.17, 15) is 4.79 Å². The summed E-state index contributed by atoms with van der Waals surface area (Å²) in [6.45, 7) is 1.71. The van der Waals surface area contributed by atoms with Crippen LogP contribution in [0.4, 0.5) is 0 Å². The number of nitrogens with zero attached hydrogens (tertiary/aromatic N) is 1. The lowest BCUT2D eigenvalue weighted by Gasteiger charge is -2.10. The van der Waals surface area contributed by atoms with Crippen LogP contribution in [0.1, 0.15) is 35.2 Å². The van der Waals surface area contributed by atoms with Gasteiger partial charge in [-0.05, 0) is 63.2 Å². The Morgan fingerprint density at radius 2 is 1.67 bits per heavy atom. The lowest BCUT2D eigenvalue weighted by Crippen LogP contribution is -2.15. The highest BCUT2D eigenvalue weighted by molar-refractivity contribution is 5.96. The van der Waals surface area contributed by atoms with E-state index in [-0.39, 0.29) is 5.78 Å². The van der Waals surface area contributed by atoms with Crippen molar-refractivity contribution in [1.29, 1.82) is 0 Å². The van der Waals surface area contributed by atoms with Crippen LogP contribution in [0.2, 0.25) is 0 Å². The van der Waals surface area contributed by atoms with Crippen molar-refractivity contribution in [3.05, 3.63) is 65.7 Å². The Hall–Kier alpha value is -2.13. The molecule has 0 radical (unpaired) electrons. The number of carbonyl (C=O) groups is 1. The van der Waals surface area contributed by atoms with Crippen LogP contribution in [-0.4, -0.2) is 37.9 Å². The van der Waals surface area contributed by atoms with E-state index >= 15 is 0 Å². The summed E-state index contributed by atoms with van der Waals surface area (Å²) in [7, 11) is 4.11. The molecular weight excluding hydrogens is 298 g/mol. The summed E-state index contributed by atoms with van der Waals surface area (Å²) in [4.78, 5) is 14.4. The van der Waals surface area contributed by atoms with Crippen LogP contribution in [-0.2, 0) is 6.42 Å². The van der Waals surface area contributed by atoms with Gasteiger partial charge in [-0.2, -0.15) is 0 Å². The molecule has 0 aromatic heterocycles. The minimum atomic E-state index is 0.199. The van der Waals surface area contributed by atoms with Gasteiger partial charge in [0.25, 0.3) is 0 Å². The van der Waals surface area contributed by atoms with E-state index in [1.54, 1.807) is 0 Å². The number of Topliss-reactive ketones (excluding diaryl/α,β-unsaturated/α-hetero) is 1. The van der Waals surface area contributed by atoms with Crippen molar-refractivity contribution in [2.75, 3.05) is 27.2 Å². The summed E-state index contributed by atoms with van der Waals surface area (Å²) in [6.07, 6.45) is 3.40. The first-order chi connectivity index (χ1) is 11.6. The molecule has 0 unspecified atom stereocenters. The van der Waals surface area contributed by atoms with Crippen LogP contribution in [0.5, 0.6) is 5.75 Å². The van der Waals surface area contributed by atoms with Gasteiger partial charge < -0.3 is 9.64 Å². The van der Waals surface area contributed by atoms with Crippen molar-refractivity contribution >= 4 is 5.78 Å². The fourth-order valence-electron chi connectivity index (χ4n) is 2.55. The molecule has 0 aliphatic carbocycles. The molecule has 0 spiro atoms. The quantitative estimate of drug-likeness (QED) is 0.484. The van der Waals surface area contributed by atoms with Crippen molar-refractivity contribution in [2.45, 2.75) is 25.7 Å². The lowest BCUT2D eigenvalue weighted by atomic mass is 10.0. The molecule has 0 aliphatic rings. The van der Waals surface area contributed by atoms with Crippen LogP contribution in [0.3, 0.4) is 0 Å². The molecule has 0 amide bonds. The molecule has 128 valence electrons. The second kappa shape index (κ2) is 9.89. The summed E-state index contributed by atoms with van der Waals surface area (Å²) < 4.78 is 5.69. The summed E-state index contributed by atoms with van der Waals surface area (Å²) in [5.74, 6) is 1.03. The highest BCUT2D eigenvalue weighted by Gasteiger charge is 2.06. The lowest BCUT2D eigenvalue weighted by molar-refractivity contribution is 0.0980. The van der Waals surface area contributed by atoms with Crippen molar-refractivity contribution < 1.29 is 9.53 Å². The molecule has 3 heteroatoms. The standard InChI is InChI=1S/C21H27NO2/c1-22(2)16-7-17-24-20-14-12-19(13-15-20)21(23)11-6-10-18-8-4-3-5-9-18/h3-5,8-9,12-15H,6-7,10-11,16-17H2,1-2H3. The number of rotatable bonds is 10. The molecule has 2 aromatic rings. The smallest absolute Gasteiger partial charge is 0.162 e. The van der Waals surface area contributed by atoms with Crippen LogP contribution >= 0.6 is 0 Å². The third-order valence-corrected chi connectivity index (χ3v) is 3.91. The number of benzene rings is 2. The number of aryl methyl sites for hydroxylation is 1. The van der Waals surface area contributed by atoms with E-state index in [2.05, 4.69) is 31.1 Å². The minimum Gasteiger partial charge on any atom is -0.494 e. The third-order valence-electron chi connectivity index (χ3n) is 3.91. The first kappa shape index (κ1) is 18.2. The Kier molecular flexibility index (Phi) is 7.50. The van der Waals surface area contributed by atoms with Gasteiger partial charge in [0.05, 0.1) is 6.61 Å². The molecule has 0 aliphatic heterocycles. The average molecular weight is 325 g/mol. The van der Waals surface area contributed by atoms with Gasteiger partial charge in [0, 0.05) is 18.5 Å². The Labute approximate surface area is 145 Å². The normalized spacial score (nSPS) is 10.8. The second-order valence-electron chi connectivity index (χ2n) is 6.29. The molecule has 0 saturated heterocycles. The van der Waals surface area contributed by atoms with E-state index in [0.29, 0.717) is 13.0 Å². The van der Waals surface area contributed by atoms with Gasteiger partial charge in [0.1, 0.15) is 5.75 Å². The van der Waals surface area contributed by atoms with Gasteiger partial charge in [-0.15, -0.1) is 0 Å². The van der Waals surface area contributed by atoms with E-state index < -0.39 is 0 Å². The third kappa shape index (κ3) is 6.55. The molecule has 0 saturated carbocycles. The van der Waals surface area contributed by atoms with E-state index in [1.165, 1.54) is 5.56 Å².